The van der Waals surface area contributed by atoms with Crippen molar-refractivity contribution in [1.29, 1.82) is 0 Å². The molecule has 4 nitrogen and oxygen atoms in total. The van der Waals surface area contributed by atoms with Crippen molar-refractivity contribution in [1.82, 2.24) is 0 Å². The summed E-state index contributed by atoms with van der Waals surface area (Å²) in [6.07, 6.45) is 25.5. The fourth-order valence-corrected chi connectivity index (χ4v) is 14.8. The Morgan fingerprint density at radius 2 is 0.867 bits per heavy atom. The minimum Gasteiger partial charge on any atom is -0.303 e. The van der Waals surface area contributed by atoms with Crippen LogP contribution in [-0.4, -0.2) is 45.0 Å². The van der Waals surface area contributed by atoms with Gasteiger partial charge in [0.05, 0.1) is 0 Å². The second-order valence-corrected chi connectivity index (χ2v) is 17.2. The van der Waals surface area contributed by atoms with Crippen molar-refractivity contribution in [2.45, 2.75) is 131 Å². The first kappa shape index (κ1) is 32.7. The summed E-state index contributed by atoms with van der Waals surface area (Å²) in [6.45, 7) is 12.9. The molecule has 0 aliphatic carbocycles. The monoisotopic (exact) mass is 470 g/mol. The maximum atomic E-state index is 8.88. The molecule has 6 heteroatoms. The summed E-state index contributed by atoms with van der Waals surface area (Å²) >= 11 is 0. The smallest absolute Gasteiger partial charge is 0.303 e. The number of rotatable bonds is 18. The van der Waals surface area contributed by atoms with E-state index >= 15 is 0 Å². The molecule has 0 aliphatic heterocycles. The zero-order valence-electron chi connectivity index (χ0n) is 21.2. The summed E-state index contributed by atoms with van der Waals surface area (Å²) in [4.78, 5) is 21.6. The van der Waals surface area contributed by atoms with Crippen molar-refractivity contribution in [3.8, 4) is 0 Å². The van der Waals surface area contributed by atoms with Gasteiger partial charge in [-0.15, -0.1) is 0 Å². The number of unbranched alkanes of at least 4 members (excludes halogenated alkanes) is 5. The zero-order chi connectivity index (χ0) is 23.5. The Morgan fingerprint density at radius 1 is 0.567 bits per heavy atom. The van der Waals surface area contributed by atoms with Crippen LogP contribution in [-0.2, 0) is 4.57 Å². The van der Waals surface area contributed by atoms with Crippen LogP contribution in [0.5, 0.6) is 0 Å². The van der Waals surface area contributed by atoms with E-state index in [-0.39, 0.29) is 0 Å². The van der Waals surface area contributed by atoms with E-state index in [1.165, 1.54) is 77.0 Å². The third-order valence-corrected chi connectivity index (χ3v) is 15.7. The fraction of sp³-hybridized carbons (Fsp3) is 1.00. The predicted molar refractivity (Wildman–Crippen MR) is 139 cm³/mol. The van der Waals surface area contributed by atoms with E-state index in [9.17, 15) is 0 Å². The van der Waals surface area contributed by atoms with Crippen molar-refractivity contribution >= 4 is 14.4 Å². The van der Waals surface area contributed by atoms with Crippen LogP contribution in [0.1, 0.15) is 125 Å². The van der Waals surface area contributed by atoms with Gasteiger partial charge in [-0.25, -0.2) is 4.57 Å². The predicted octanol–water partition coefficient (Wildman–Crippen LogP) is 8.17. The van der Waals surface area contributed by atoms with Crippen molar-refractivity contribution in [2.75, 3.05) is 24.6 Å². The third-order valence-electron chi connectivity index (χ3n) is 7.01. The Bertz CT molecular complexity index is 385. The molecule has 0 aromatic rings. The zero-order valence-corrected chi connectivity index (χ0v) is 23.0. The summed E-state index contributed by atoms with van der Waals surface area (Å²) in [7, 11) is -4.64. The molecule has 0 saturated carbocycles. The number of hydrogen-bond donors (Lipinski definition) is 3. The molecule has 0 fully saturated rings. The molecule has 0 aliphatic rings. The maximum Gasteiger partial charge on any atom is 0.466 e. The van der Waals surface area contributed by atoms with Gasteiger partial charge >= 0.3 is 170 Å². The topological polar surface area (TPSA) is 77.8 Å². The molecular weight excluding hydrogens is 414 g/mol. The van der Waals surface area contributed by atoms with Crippen molar-refractivity contribution in [3.05, 3.63) is 0 Å². The first-order chi connectivity index (χ1) is 14.1. The molecule has 0 bridgehead atoms. The number of hydrogen-bond acceptors (Lipinski definition) is 1. The van der Waals surface area contributed by atoms with Gasteiger partial charge < -0.3 is 14.7 Å². The summed E-state index contributed by atoms with van der Waals surface area (Å²) in [5, 5.41) is 0. The fourth-order valence-electron chi connectivity index (χ4n) is 5.39. The molecule has 1 unspecified atom stereocenters. The standard InChI is InChI=1S/C24H53P.H3O4P/c1-7-13-19-24(18-12-6)25(20-14-8-2,21-15-9-3,22-16-10-4)23-17-11-5;1-5(2,3)4/h24H,7-23H2,1-6H3;(H3,1,2,3,4). The van der Waals surface area contributed by atoms with Crippen LogP contribution in [0, 0.1) is 0 Å². The molecule has 0 aromatic heterocycles. The van der Waals surface area contributed by atoms with E-state index in [2.05, 4.69) is 41.5 Å². The van der Waals surface area contributed by atoms with E-state index in [4.69, 9.17) is 19.2 Å². The van der Waals surface area contributed by atoms with Crippen LogP contribution in [0.15, 0.2) is 0 Å². The Labute approximate surface area is 189 Å². The summed E-state index contributed by atoms with van der Waals surface area (Å²) in [5.41, 5.74) is 1.09. The number of phosphoric acid groups is 1. The molecule has 0 spiro atoms. The molecule has 0 saturated heterocycles. The minimum absolute atomic E-state index is 1.09. The molecule has 30 heavy (non-hydrogen) atoms. The Hall–Kier alpha value is 0.540. The first-order valence-electron chi connectivity index (χ1n) is 12.9. The average Bonchev–Trinajstić information content (AvgIpc) is 2.69. The van der Waals surface area contributed by atoms with E-state index in [0.717, 1.165) is 5.66 Å². The molecule has 0 radical (unpaired) electrons. The first-order valence-corrected chi connectivity index (χ1v) is 17.5. The summed E-state index contributed by atoms with van der Waals surface area (Å²) < 4.78 is 8.88. The molecule has 186 valence electrons. The van der Waals surface area contributed by atoms with E-state index in [1.807, 2.05) is 0 Å². The molecule has 0 aromatic carbocycles. The molecule has 0 rings (SSSR count). The average molecular weight is 471 g/mol. The molecular formula is C24H56O4P2. The van der Waals surface area contributed by atoms with Gasteiger partial charge in [0.15, 0.2) is 0 Å². The minimum atomic E-state index is -4.64. The molecule has 3 N–H and O–H groups in total. The second-order valence-electron chi connectivity index (χ2n) is 9.48. The van der Waals surface area contributed by atoms with Crippen LogP contribution in [0.25, 0.3) is 0 Å². The normalized spacial score (nSPS) is 14.5. The second kappa shape index (κ2) is 18.0. The van der Waals surface area contributed by atoms with Gasteiger partial charge in [-0.3, -0.25) is 0 Å². The van der Waals surface area contributed by atoms with E-state index in [1.54, 1.807) is 31.1 Å². The van der Waals surface area contributed by atoms with Gasteiger partial charge in [-0.1, -0.05) is 0 Å². The SMILES string of the molecule is CCCCC(CCC)P(CCCC)(CCCC)(CCCC)CCCC.O=P(O)(O)O. The van der Waals surface area contributed by atoms with Crippen LogP contribution in [0.2, 0.25) is 0 Å². The van der Waals surface area contributed by atoms with Crippen LogP contribution in [0.4, 0.5) is 0 Å². The summed E-state index contributed by atoms with van der Waals surface area (Å²) in [5.74, 6) is 0. The maximum absolute atomic E-state index is 8.88. The molecule has 1 atom stereocenters. The van der Waals surface area contributed by atoms with E-state index < -0.39 is 14.4 Å². The summed E-state index contributed by atoms with van der Waals surface area (Å²) in [6, 6.07) is 0. The van der Waals surface area contributed by atoms with Crippen LogP contribution in [0.3, 0.4) is 0 Å². The largest absolute Gasteiger partial charge is 0.466 e. The van der Waals surface area contributed by atoms with Gasteiger partial charge in [-0.2, -0.15) is 0 Å². The van der Waals surface area contributed by atoms with Crippen LogP contribution < -0.4 is 0 Å². The van der Waals surface area contributed by atoms with Gasteiger partial charge in [0, 0.05) is 0 Å². The Balaban J connectivity index is 0. The third kappa shape index (κ3) is 13.8. The Morgan fingerprint density at radius 3 is 1.10 bits per heavy atom. The Kier molecular flexibility index (Phi) is 19.7. The van der Waals surface area contributed by atoms with Gasteiger partial charge in [-0.05, 0) is 0 Å². The van der Waals surface area contributed by atoms with Crippen molar-refractivity contribution < 1.29 is 19.2 Å². The van der Waals surface area contributed by atoms with Crippen molar-refractivity contribution in [2.24, 2.45) is 0 Å². The van der Waals surface area contributed by atoms with Gasteiger partial charge in [0.25, 0.3) is 0 Å². The van der Waals surface area contributed by atoms with Crippen molar-refractivity contribution in [3.63, 3.8) is 0 Å². The molecule has 0 heterocycles. The van der Waals surface area contributed by atoms with Crippen LogP contribution >= 0.6 is 14.4 Å². The quantitative estimate of drug-likeness (QED) is 0.177. The van der Waals surface area contributed by atoms with E-state index in [0.29, 0.717) is 0 Å². The van der Waals surface area contributed by atoms with Gasteiger partial charge in [0.2, 0.25) is 0 Å². The van der Waals surface area contributed by atoms with Gasteiger partial charge in [0.1, 0.15) is 0 Å². The molecule has 0 amide bonds.